The van der Waals surface area contributed by atoms with Crippen molar-refractivity contribution in [2.45, 2.75) is 71.7 Å². The predicted molar refractivity (Wildman–Crippen MR) is 66.3 cm³/mol. The summed E-state index contributed by atoms with van der Waals surface area (Å²) in [7, 11) is 0. The van der Waals surface area contributed by atoms with Gasteiger partial charge in [0, 0.05) is 5.41 Å². The molecule has 100 valence electrons. The van der Waals surface area contributed by atoms with Gasteiger partial charge < -0.3 is 4.74 Å². The third kappa shape index (κ3) is 2.67. The summed E-state index contributed by atoms with van der Waals surface area (Å²) in [5.41, 5.74) is -0.00529. The van der Waals surface area contributed by atoms with Gasteiger partial charge in [0.1, 0.15) is 5.60 Å². The van der Waals surface area contributed by atoms with Crippen molar-refractivity contribution in [1.82, 2.24) is 0 Å². The monoisotopic (exact) mass is 242 g/mol. The third-order valence-corrected chi connectivity index (χ3v) is 4.50. The van der Waals surface area contributed by atoms with Crippen molar-refractivity contribution in [2.24, 2.45) is 11.3 Å². The number of ether oxygens (including phenoxy) is 1. The van der Waals surface area contributed by atoms with Crippen molar-refractivity contribution in [3.8, 4) is 0 Å². The molecule has 0 radical (unpaired) electrons. The van der Waals surface area contributed by atoms with Gasteiger partial charge in [-0.1, -0.05) is 33.6 Å². The zero-order chi connectivity index (χ0) is 12.5. The Morgan fingerprint density at radius 3 is 2.59 bits per heavy atom. The molecule has 0 amide bonds. The Bertz CT molecular complexity index is 264. The molecule has 2 aliphatic rings. The largest absolute Gasteiger partial charge is 0.349 e. The van der Waals surface area contributed by atoms with E-state index in [0.717, 1.165) is 31.8 Å². The van der Waals surface area contributed by atoms with E-state index in [1.165, 1.54) is 12.8 Å². The summed E-state index contributed by atoms with van der Waals surface area (Å²) in [4.78, 5) is 11.1. The van der Waals surface area contributed by atoms with Crippen molar-refractivity contribution >= 4 is 0 Å². The number of fused-ring (bicyclic) bond motifs is 1. The van der Waals surface area contributed by atoms with Crippen LogP contribution in [0.25, 0.3) is 0 Å². The van der Waals surface area contributed by atoms with Gasteiger partial charge in [-0.2, -0.15) is 0 Å². The molecule has 2 fully saturated rings. The van der Waals surface area contributed by atoms with E-state index in [1.807, 2.05) is 0 Å². The molecule has 2 rings (SSSR count). The Labute approximate surface area is 105 Å². The second kappa shape index (κ2) is 4.87. The van der Waals surface area contributed by atoms with Gasteiger partial charge in [0.25, 0.3) is 0 Å². The molecule has 17 heavy (non-hydrogen) atoms. The van der Waals surface area contributed by atoms with E-state index in [9.17, 15) is 0 Å². The molecular weight excluding hydrogens is 216 g/mol. The van der Waals surface area contributed by atoms with Gasteiger partial charge in [-0.3, -0.25) is 0 Å². The van der Waals surface area contributed by atoms with Gasteiger partial charge in [0.2, 0.25) is 0 Å². The first-order chi connectivity index (χ1) is 8.01. The Hall–Kier alpha value is -0.120. The van der Waals surface area contributed by atoms with Crippen LogP contribution in [0.3, 0.4) is 0 Å². The van der Waals surface area contributed by atoms with E-state index < -0.39 is 0 Å². The number of hydrogen-bond donors (Lipinski definition) is 0. The van der Waals surface area contributed by atoms with Crippen LogP contribution >= 0.6 is 0 Å². The van der Waals surface area contributed by atoms with Crippen molar-refractivity contribution in [3.05, 3.63) is 0 Å². The van der Waals surface area contributed by atoms with Crippen molar-refractivity contribution in [2.75, 3.05) is 6.61 Å². The Balaban J connectivity index is 2.01. The molecule has 0 aromatic carbocycles. The zero-order valence-corrected chi connectivity index (χ0v) is 11.6. The zero-order valence-electron chi connectivity index (χ0n) is 11.6. The van der Waals surface area contributed by atoms with Crippen LogP contribution in [-0.4, -0.2) is 18.5 Å². The average molecular weight is 242 g/mol. The molecule has 0 aromatic heterocycles. The highest BCUT2D eigenvalue weighted by molar-refractivity contribution is 4.93. The summed E-state index contributed by atoms with van der Waals surface area (Å²) in [6, 6.07) is 0. The van der Waals surface area contributed by atoms with E-state index >= 15 is 0 Å². The first-order valence-corrected chi connectivity index (χ1v) is 6.97. The molecule has 0 bridgehead atoms. The molecule has 3 heteroatoms. The maximum atomic E-state index is 5.65. The Morgan fingerprint density at radius 2 is 1.94 bits per heavy atom. The summed E-state index contributed by atoms with van der Waals surface area (Å²) in [6.45, 7) is 9.75. The minimum atomic E-state index is -0.155. The minimum absolute atomic E-state index is 0.138. The van der Waals surface area contributed by atoms with Crippen LogP contribution in [0.2, 0.25) is 0 Å². The Kier molecular flexibility index (Phi) is 3.81. The standard InChI is InChI=1S/C14H26O3/c1-5-11(6-2)9-14(4)10-13(3)7-8-15-12(13)16-17-14/h11-12H,5-10H2,1-4H3/t12-,13+,14+/m0/s1. The van der Waals surface area contributed by atoms with Crippen LogP contribution in [0.1, 0.15) is 59.8 Å². The SMILES string of the molecule is CCC(CC)C[C@]1(C)C[C@@]2(C)CCO[C@H]2OO1. The van der Waals surface area contributed by atoms with Gasteiger partial charge in [-0.05, 0) is 32.1 Å². The van der Waals surface area contributed by atoms with Crippen LogP contribution in [-0.2, 0) is 14.5 Å². The second-order valence-corrected chi connectivity index (χ2v) is 6.30. The molecule has 0 aliphatic carbocycles. The highest BCUT2D eigenvalue weighted by atomic mass is 17.2. The van der Waals surface area contributed by atoms with Gasteiger partial charge in [-0.25, -0.2) is 9.78 Å². The Morgan fingerprint density at radius 1 is 1.24 bits per heavy atom. The lowest BCUT2D eigenvalue weighted by atomic mass is 9.73. The second-order valence-electron chi connectivity index (χ2n) is 6.30. The summed E-state index contributed by atoms with van der Waals surface area (Å²) in [5.74, 6) is 0.728. The quantitative estimate of drug-likeness (QED) is 0.704. The lowest BCUT2D eigenvalue weighted by Crippen LogP contribution is -2.48. The molecule has 2 aliphatic heterocycles. The van der Waals surface area contributed by atoms with Crippen LogP contribution in [0.15, 0.2) is 0 Å². The molecule has 0 spiro atoms. The van der Waals surface area contributed by atoms with Crippen LogP contribution < -0.4 is 0 Å². The van der Waals surface area contributed by atoms with Gasteiger partial charge in [0.05, 0.1) is 6.61 Å². The number of rotatable bonds is 4. The fraction of sp³-hybridized carbons (Fsp3) is 1.00. The third-order valence-electron chi connectivity index (χ3n) is 4.50. The van der Waals surface area contributed by atoms with Crippen molar-refractivity contribution in [1.29, 1.82) is 0 Å². The molecule has 0 aromatic rings. The molecule has 0 N–H and O–H groups in total. The average Bonchev–Trinajstić information content (AvgIpc) is 2.66. The predicted octanol–water partition coefficient (Wildman–Crippen LogP) is 3.68. The summed E-state index contributed by atoms with van der Waals surface area (Å²) < 4.78 is 5.56. The molecule has 0 unspecified atom stereocenters. The molecule has 2 heterocycles. The maximum Gasteiger partial charge on any atom is 0.196 e. The molecule has 0 saturated carbocycles. The normalized spacial score (nSPS) is 41.8. The topological polar surface area (TPSA) is 27.7 Å². The summed E-state index contributed by atoms with van der Waals surface area (Å²) in [5, 5.41) is 0. The number of hydrogen-bond acceptors (Lipinski definition) is 3. The smallest absolute Gasteiger partial charge is 0.196 e. The lowest BCUT2D eigenvalue weighted by molar-refractivity contribution is -0.463. The van der Waals surface area contributed by atoms with Gasteiger partial charge >= 0.3 is 0 Å². The van der Waals surface area contributed by atoms with Gasteiger partial charge in [0.15, 0.2) is 6.29 Å². The van der Waals surface area contributed by atoms with Crippen molar-refractivity contribution in [3.63, 3.8) is 0 Å². The highest BCUT2D eigenvalue weighted by Crippen LogP contribution is 2.49. The van der Waals surface area contributed by atoms with E-state index in [0.29, 0.717) is 0 Å². The maximum absolute atomic E-state index is 5.65. The van der Waals surface area contributed by atoms with Crippen LogP contribution in [0.4, 0.5) is 0 Å². The highest BCUT2D eigenvalue weighted by Gasteiger charge is 2.52. The fourth-order valence-electron chi connectivity index (χ4n) is 3.37. The lowest BCUT2D eigenvalue weighted by Gasteiger charge is -2.44. The molecule has 3 atom stereocenters. The van der Waals surface area contributed by atoms with Crippen molar-refractivity contribution < 1.29 is 14.5 Å². The molecule has 3 nitrogen and oxygen atoms in total. The molecule has 2 saturated heterocycles. The van der Waals surface area contributed by atoms with E-state index in [4.69, 9.17) is 14.5 Å². The van der Waals surface area contributed by atoms with E-state index in [2.05, 4.69) is 27.7 Å². The van der Waals surface area contributed by atoms with Gasteiger partial charge in [-0.15, -0.1) is 0 Å². The van der Waals surface area contributed by atoms with Crippen LogP contribution in [0, 0.1) is 11.3 Å². The van der Waals surface area contributed by atoms with E-state index in [-0.39, 0.29) is 17.3 Å². The summed E-state index contributed by atoms with van der Waals surface area (Å²) >= 11 is 0. The van der Waals surface area contributed by atoms with E-state index in [1.54, 1.807) is 0 Å². The summed E-state index contributed by atoms with van der Waals surface area (Å²) in [6.07, 6.45) is 5.48. The first-order valence-electron chi connectivity index (χ1n) is 6.97. The first kappa shape index (κ1) is 13.3. The fourth-order valence-corrected chi connectivity index (χ4v) is 3.37. The van der Waals surface area contributed by atoms with Crippen LogP contribution in [0.5, 0.6) is 0 Å². The molecular formula is C14H26O3. The minimum Gasteiger partial charge on any atom is -0.349 e.